The van der Waals surface area contributed by atoms with E-state index in [1.165, 1.54) is 4.70 Å². The molecule has 5 nitrogen and oxygen atoms in total. The lowest BCUT2D eigenvalue weighted by Gasteiger charge is -2.30. The van der Waals surface area contributed by atoms with Gasteiger partial charge in [0.2, 0.25) is 12.7 Å². The number of fused-ring (bicyclic) bond motifs is 2. The number of hydrogen-bond donors (Lipinski definition) is 0. The molecule has 1 aliphatic carbocycles. The van der Waals surface area contributed by atoms with Crippen molar-refractivity contribution in [2.75, 3.05) is 13.8 Å². The Hall–Kier alpha value is -2.86. The molecule has 3 aromatic rings. The van der Waals surface area contributed by atoms with Crippen molar-refractivity contribution >= 4 is 27.5 Å². The summed E-state index contributed by atoms with van der Waals surface area (Å²) in [4.78, 5) is 20.0. The third-order valence-corrected chi connectivity index (χ3v) is 6.78. The van der Waals surface area contributed by atoms with Gasteiger partial charge in [-0.05, 0) is 42.7 Å². The minimum Gasteiger partial charge on any atom is -0.454 e. The van der Waals surface area contributed by atoms with Gasteiger partial charge in [0.25, 0.3) is 0 Å². The number of nitrogens with zero attached hydrogens (tertiary/aromatic N) is 2. The van der Waals surface area contributed by atoms with Gasteiger partial charge in [-0.2, -0.15) is 0 Å². The number of allylic oxidation sites excluding steroid dienone is 2. The first kappa shape index (κ1) is 18.2. The summed E-state index contributed by atoms with van der Waals surface area (Å²) in [5.74, 6) is 1.72. The second-order valence-electron chi connectivity index (χ2n) is 7.56. The maximum atomic E-state index is 13.3. The Morgan fingerprint density at radius 2 is 1.97 bits per heavy atom. The monoisotopic (exact) mass is 406 g/mol. The molecule has 148 valence electrons. The average Bonchev–Trinajstić information content (AvgIpc) is 3.39. The highest BCUT2D eigenvalue weighted by molar-refractivity contribution is 7.18. The highest BCUT2D eigenvalue weighted by Crippen LogP contribution is 2.39. The maximum Gasteiger partial charge on any atom is 0.231 e. The van der Waals surface area contributed by atoms with Crippen LogP contribution in [0.25, 0.3) is 10.2 Å². The standard InChI is InChI=1S/C23H22N2O3S/c1-25(13-15-10-11-19-20(12-15)28-14-27-19)23(26)17-7-3-2-6-16(17)22-24-18-8-4-5-9-21(18)29-22/h2-5,8-12,16-17H,6-7,13-14H2,1H3/t16-,17-/m1/s1. The molecule has 2 aromatic carbocycles. The zero-order valence-electron chi connectivity index (χ0n) is 16.2. The molecule has 1 aromatic heterocycles. The molecular weight excluding hydrogens is 384 g/mol. The van der Waals surface area contributed by atoms with Crippen LogP contribution in [0.4, 0.5) is 0 Å². The van der Waals surface area contributed by atoms with E-state index >= 15 is 0 Å². The number of thiazole rings is 1. The first-order valence-electron chi connectivity index (χ1n) is 9.83. The summed E-state index contributed by atoms with van der Waals surface area (Å²) in [5.41, 5.74) is 2.05. The number of amides is 1. The van der Waals surface area contributed by atoms with E-state index in [4.69, 9.17) is 14.5 Å². The first-order chi connectivity index (χ1) is 14.2. The van der Waals surface area contributed by atoms with Crippen LogP contribution in [0, 0.1) is 5.92 Å². The van der Waals surface area contributed by atoms with Gasteiger partial charge in [0, 0.05) is 19.5 Å². The predicted octanol–water partition coefficient (Wildman–Crippen LogP) is 4.73. The topological polar surface area (TPSA) is 51.7 Å². The van der Waals surface area contributed by atoms with E-state index in [9.17, 15) is 4.79 Å². The summed E-state index contributed by atoms with van der Waals surface area (Å²) in [5, 5.41) is 1.06. The van der Waals surface area contributed by atoms with Crippen LogP contribution in [0.2, 0.25) is 0 Å². The molecule has 2 aliphatic rings. The van der Waals surface area contributed by atoms with Crippen LogP contribution >= 0.6 is 11.3 Å². The van der Waals surface area contributed by atoms with Crippen molar-refractivity contribution < 1.29 is 14.3 Å². The number of carbonyl (C=O) groups excluding carboxylic acids is 1. The van der Waals surface area contributed by atoms with Crippen LogP contribution in [0.1, 0.15) is 29.3 Å². The van der Waals surface area contributed by atoms with E-state index in [0.717, 1.165) is 40.4 Å². The van der Waals surface area contributed by atoms with Crippen molar-refractivity contribution in [2.24, 2.45) is 5.92 Å². The predicted molar refractivity (Wildman–Crippen MR) is 113 cm³/mol. The van der Waals surface area contributed by atoms with E-state index in [2.05, 4.69) is 18.2 Å². The zero-order valence-corrected chi connectivity index (χ0v) is 17.0. The Bertz CT molecular complexity index is 1060. The SMILES string of the molecule is CN(Cc1ccc2c(c1)OCO2)C(=O)[C@@H]1CC=CC[C@H]1c1nc2ccccc2s1. The summed E-state index contributed by atoms with van der Waals surface area (Å²) < 4.78 is 12.0. The van der Waals surface area contributed by atoms with Crippen molar-refractivity contribution in [3.8, 4) is 11.5 Å². The molecule has 0 unspecified atom stereocenters. The third-order valence-electron chi connectivity index (χ3n) is 5.61. The van der Waals surface area contributed by atoms with Crippen LogP contribution in [0.15, 0.2) is 54.6 Å². The normalized spacial score (nSPS) is 20.2. The zero-order chi connectivity index (χ0) is 19.8. The van der Waals surface area contributed by atoms with Crippen molar-refractivity contribution in [2.45, 2.75) is 25.3 Å². The number of rotatable bonds is 4. The lowest BCUT2D eigenvalue weighted by molar-refractivity contribution is -0.135. The molecule has 1 aliphatic heterocycles. The Balaban J connectivity index is 1.36. The molecular formula is C23H22N2O3S. The van der Waals surface area contributed by atoms with E-state index in [1.807, 2.05) is 48.3 Å². The molecule has 0 saturated heterocycles. The van der Waals surface area contributed by atoms with Crippen molar-refractivity contribution in [1.29, 1.82) is 0 Å². The highest BCUT2D eigenvalue weighted by Gasteiger charge is 2.34. The smallest absolute Gasteiger partial charge is 0.231 e. The van der Waals surface area contributed by atoms with Gasteiger partial charge in [0.15, 0.2) is 11.5 Å². The lowest BCUT2D eigenvalue weighted by Crippen LogP contribution is -2.36. The minimum absolute atomic E-state index is 0.0837. The number of para-hydroxylation sites is 1. The van der Waals surface area contributed by atoms with Gasteiger partial charge in [-0.15, -0.1) is 11.3 Å². The summed E-state index contributed by atoms with van der Waals surface area (Å²) in [7, 11) is 1.88. The molecule has 0 fully saturated rings. The van der Waals surface area contributed by atoms with Crippen LogP contribution in [-0.2, 0) is 11.3 Å². The molecule has 0 bridgehead atoms. The molecule has 0 radical (unpaired) electrons. The van der Waals surface area contributed by atoms with Gasteiger partial charge in [0.1, 0.15) is 0 Å². The summed E-state index contributed by atoms with van der Waals surface area (Å²) in [6.45, 7) is 0.800. The molecule has 2 heterocycles. The van der Waals surface area contributed by atoms with Crippen LogP contribution < -0.4 is 9.47 Å². The Kier molecular flexibility index (Phi) is 4.72. The van der Waals surface area contributed by atoms with Gasteiger partial charge in [-0.25, -0.2) is 4.98 Å². The van der Waals surface area contributed by atoms with Gasteiger partial charge >= 0.3 is 0 Å². The molecule has 29 heavy (non-hydrogen) atoms. The van der Waals surface area contributed by atoms with E-state index in [1.54, 1.807) is 11.3 Å². The number of hydrogen-bond acceptors (Lipinski definition) is 5. The maximum absolute atomic E-state index is 13.3. The largest absolute Gasteiger partial charge is 0.454 e. The fourth-order valence-electron chi connectivity index (χ4n) is 4.08. The second kappa shape index (κ2) is 7.52. The quantitative estimate of drug-likeness (QED) is 0.588. The third kappa shape index (κ3) is 3.49. The van der Waals surface area contributed by atoms with Crippen molar-refractivity contribution in [1.82, 2.24) is 9.88 Å². The van der Waals surface area contributed by atoms with Crippen molar-refractivity contribution in [3.05, 3.63) is 65.2 Å². The minimum atomic E-state index is -0.0837. The fourth-order valence-corrected chi connectivity index (χ4v) is 5.23. The molecule has 6 heteroatoms. The van der Waals surface area contributed by atoms with E-state index < -0.39 is 0 Å². The second-order valence-corrected chi connectivity index (χ2v) is 8.62. The Labute approximate surface area is 173 Å². The molecule has 0 spiro atoms. The number of carbonyl (C=O) groups is 1. The summed E-state index contributed by atoms with van der Waals surface area (Å²) in [6, 6.07) is 14.0. The molecule has 5 rings (SSSR count). The average molecular weight is 407 g/mol. The molecule has 2 atom stereocenters. The van der Waals surface area contributed by atoms with Gasteiger partial charge in [-0.1, -0.05) is 30.4 Å². The number of aromatic nitrogens is 1. The molecule has 1 amide bonds. The summed E-state index contributed by atoms with van der Waals surface area (Å²) in [6.07, 6.45) is 5.91. The Morgan fingerprint density at radius 1 is 1.14 bits per heavy atom. The van der Waals surface area contributed by atoms with E-state index in [-0.39, 0.29) is 24.5 Å². The van der Waals surface area contributed by atoms with E-state index in [0.29, 0.717) is 6.54 Å². The molecule has 0 saturated carbocycles. The first-order valence-corrected chi connectivity index (χ1v) is 10.6. The Morgan fingerprint density at radius 3 is 2.86 bits per heavy atom. The number of ether oxygens (including phenoxy) is 2. The number of benzene rings is 2. The fraction of sp³-hybridized carbons (Fsp3) is 0.304. The van der Waals surface area contributed by atoms with Crippen molar-refractivity contribution in [3.63, 3.8) is 0 Å². The van der Waals surface area contributed by atoms with Gasteiger partial charge < -0.3 is 14.4 Å². The highest BCUT2D eigenvalue weighted by atomic mass is 32.1. The van der Waals surface area contributed by atoms with Crippen LogP contribution in [-0.4, -0.2) is 29.6 Å². The molecule has 0 N–H and O–H groups in total. The van der Waals surface area contributed by atoms with Gasteiger partial charge in [-0.3, -0.25) is 4.79 Å². The van der Waals surface area contributed by atoms with Crippen LogP contribution in [0.5, 0.6) is 11.5 Å². The summed E-state index contributed by atoms with van der Waals surface area (Å²) >= 11 is 1.71. The van der Waals surface area contributed by atoms with Crippen LogP contribution in [0.3, 0.4) is 0 Å². The van der Waals surface area contributed by atoms with Gasteiger partial charge in [0.05, 0.1) is 21.1 Å². The lowest BCUT2D eigenvalue weighted by atomic mass is 9.82.